The van der Waals surface area contributed by atoms with Crippen LogP contribution >= 0.6 is 11.8 Å². The van der Waals surface area contributed by atoms with Crippen molar-refractivity contribution in [3.05, 3.63) is 65.7 Å². The summed E-state index contributed by atoms with van der Waals surface area (Å²) < 4.78 is 0. The summed E-state index contributed by atoms with van der Waals surface area (Å²) >= 11 is 1.29. The Bertz CT molecular complexity index is 1020. The van der Waals surface area contributed by atoms with Gasteiger partial charge in [0, 0.05) is 12.1 Å². The van der Waals surface area contributed by atoms with Crippen LogP contribution in [0, 0.1) is 0 Å². The van der Waals surface area contributed by atoms with Gasteiger partial charge in [-0.05, 0) is 31.0 Å². The van der Waals surface area contributed by atoms with Crippen LogP contribution in [0.15, 0.2) is 64.6 Å². The molecule has 0 aromatic heterocycles. The summed E-state index contributed by atoms with van der Waals surface area (Å²) in [5.41, 5.74) is 2.67. The molecule has 0 unspecified atom stereocenters. The van der Waals surface area contributed by atoms with Gasteiger partial charge in [0.15, 0.2) is 5.17 Å². The molecule has 1 N–H and O–H groups in total. The van der Waals surface area contributed by atoms with Crippen LogP contribution in [0.5, 0.6) is 0 Å². The van der Waals surface area contributed by atoms with E-state index in [0.717, 1.165) is 23.2 Å². The molecule has 154 valence electrons. The lowest BCUT2D eigenvalue weighted by Gasteiger charge is -2.26. The zero-order valence-corrected chi connectivity index (χ0v) is 17.9. The topological polar surface area (TPSA) is 74.1 Å². The van der Waals surface area contributed by atoms with E-state index in [2.05, 4.69) is 5.32 Å². The van der Waals surface area contributed by atoms with Crippen molar-refractivity contribution in [1.82, 2.24) is 10.2 Å². The van der Waals surface area contributed by atoms with Crippen molar-refractivity contribution in [2.24, 2.45) is 9.98 Å². The number of thioether (sulfide) groups is 1. The Labute approximate surface area is 180 Å². The quantitative estimate of drug-likeness (QED) is 0.771. The summed E-state index contributed by atoms with van der Waals surface area (Å²) in [7, 11) is 0. The highest BCUT2D eigenvalue weighted by Crippen LogP contribution is 2.35. The maximum atomic E-state index is 13.0. The Morgan fingerprint density at radius 1 is 1.17 bits per heavy atom. The minimum atomic E-state index is -0.406. The molecule has 7 heteroatoms. The van der Waals surface area contributed by atoms with E-state index in [1.165, 1.54) is 11.8 Å². The lowest BCUT2D eigenvalue weighted by atomic mass is 10.1. The van der Waals surface area contributed by atoms with Crippen LogP contribution < -0.4 is 5.32 Å². The number of hydrogen-bond acceptors (Lipinski definition) is 5. The summed E-state index contributed by atoms with van der Waals surface area (Å²) in [6.45, 7) is 4.34. The smallest absolute Gasteiger partial charge is 0.259 e. The highest BCUT2D eigenvalue weighted by atomic mass is 32.2. The highest BCUT2D eigenvalue weighted by Gasteiger charge is 2.41. The maximum Gasteiger partial charge on any atom is 0.259 e. The average molecular weight is 421 g/mol. The first kappa shape index (κ1) is 20.3. The molecule has 0 bridgehead atoms. The molecule has 4 rings (SSSR count). The van der Waals surface area contributed by atoms with Gasteiger partial charge >= 0.3 is 0 Å². The van der Waals surface area contributed by atoms with Gasteiger partial charge in [0.1, 0.15) is 11.9 Å². The van der Waals surface area contributed by atoms with Crippen molar-refractivity contribution in [1.29, 1.82) is 0 Å². The van der Waals surface area contributed by atoms with E-state index in [0.29, 0.717) is 24.0 Å². The minimum Gasteiger partial charge on any atom is -0.351 e. The van der Waals surface area contributed by atoms with Crippen molar-refractivity contribution in [3.63, 3.8) is 0 Å². The third-order valence-corrected chi connectivity index (χ3v) is 6.12. The van der Waals surface area contributed by atoms with Gasteiger partial charge in [0.25, 0.3) is 5.91 Å². The SMILES string of the molecule is CCC[C@@H]1N=C2c3ccccc3N=C(S[C@H](C)C(=O)NCc3ccccc3)N2C1=O. The monoisotopic (exact) mass is 420 g/mol. The maximum absolute atomic E-state index is 13.0. The molecule has 0 saturated heterocycles. The Morgan fingerprint density at radius 2 is 1.90 bits per heavy atom. The standard InChI is InChI=1S/C23H24N4O2S/c1-3-9-19-22(29)27-20(25-19)17-12-7-8-13-18(17)26-23(27)30-15(2)21(28)24-14-16-10-5-4-6-11-16/h4-8,10-13,15,19H,3,9,14H2,1-2H3,(H,24,28)/t15-,19+/m1/s1. The molecule has 2 atom stereocenters. The van der Waals surface area contributed by atoms with E-state index in [1.807, 2.05) is 68.4 Å². The Hall–Kier alpha value is -2.93. The second-order valence-electron chi connectivity index (χ2n) is 7.31. The van der Waals surface area contributed by atoms with Gasteiger partial charge < -0.3 is 5.32 Å². The van der Waals surface area contributed by atoms with E-state index >= 15 is 0 Å². The molecule has 2 aromatic rings. The van der Waals surface area contributed by atoms with E-state index in [-0.39, 0.29) is 17.9 Å². The van der Waals surface area contributed by atoms with Gasteiger partial charge in [-0.2, -0.15) is 0 Å². The fourth-order valence-electron chi connectivity index (χ4n) is 3.48. The second kappa shape index (κ2) is 8.83. The molecule has 0 radical (unpaired) electrons. The summed E-state index contributed by atoms with van der Waals surface area (Å²) in [6, 6.07) is 17.1. The zero-order chi connectivity index (χ0) is 21.1. The molecular weight excluding hydrogens is 396 g/mol. The number of hydrogen-bond donors (Lipinski definition) is 1. The van der Waals surface area contributed by atoms with Crippen LogP contribution in [-0.2, 0) is 16.1 Å². The number of rotatable bonds is 6. The van der Waals surface area contributed by atoms with Gasteiger partial charge in [-0.15, -0.1) is 0 Å². The van der Waals surface area contributed by atoms with Gasteiger partial charge in [-0.1, -0.05) is 67.6 Å². The number of para-hydroxylation sites is 1. The molecular formula is C23H24N4O2S. The van der Waals surface area contributed by atoms with Crippen LogP contribution in [0.1, 0.15) is 37.8 Å². The summed E-state index contributed by atoms with van der Waals surface area (Å²) in [5.74, 6) is 0.480. The number of nitrogens with one attached hydrogen (secondary N) is 1. The number of benzene rings is 2. The third kappa shape index (κ3) is 4.03. The van der Waals surface area contributed by atoms with Crippen LogP contribution in [-0.4, -0.2) is 39.0 Å². The molecule has 30 heavy (non-hydrogen) atoms. The molecule has 0 spiro atoms. The largest absolute Gasteiger partial charge is 0.351 e. The Morgan fingerprint density at radius 3 is 2.67 bits per heavy atom. The predicted molar refractivity (Wildman–Crippen MR) is 121 cm³/mol. The molecule has 0 aliphatic carbocycles. The van der Waals surface area contributed by atoms with E-state index in [4.69, 9.17) is 9.98 Å². The average Bonchev–Trinajstić information content (AvgIpc) is 3.10. The van der Waals surface area contributed by atoms with E-state index in [9.17, 15) is 9.59 Å². The molecule has 2 aromatic carbocycles. The number of fused-ring (bicyclic) bond motifs is 3. The van der Waals surface area contributed by atoms with Gasteiger partial charge in [-0.25, -0.2) is 9.89 Å². The van der Waals surface area contributed by atoms with E-state index < -0.39 is 5.25 Å². The van der Waals surface area contributed by atoms with Crippen molar-refractivity contribution in [3.8, 4) is 0 Å². The van der Waals surface area contributed by atoms with Crippen molar-refractivity contribution in [2.45, 2.75) is 44.5 Å². The fourth-order valence-corrected chi connectivity index (χ4v) is 4.42. The normalized spacial score (nSPS) is 18.3. The number of amides is 2. The molecule has 2 aliphatic rings. The number of nitrogens with zero attached hydrogens (tertiary/aromatic N) is 3. The fraction of sp³-hybridized carbons (Fsp3) is 0.304. The zero-order valence-electron chi connectivity index (χ0n) is 17.0. The minimum absolute atomic E-state index is 0.0653. The van der Waals surface area contributed by atoms with E-state index in [1.54, 1.807) is 4.90 Å². The lowest BCUT2D eigenvalue weighted by Crippen LogP contribution is -2.42. The number of carbonyl (C=O) groups is 2. The first-order valence-electron chi connectivity index (χ1n) is 10.2. The van der Waals surface area contributed by atoms with Gasteiger partial charge in [0.05, 0.1) is 10.9 Å². The number of carbonyl (C=O) groups excluding carboxylic acids is 2. The Kier molecular flexibility index (Phi) is 5.99. The molecule has 2 amide bonds. The molecule has 6 nitrogen and oxygen atoms in total. The summed E-state index contributed by atoms with van der Waals surface area (Å²) in [6.07, 6.45) is 1.58. The lowest BCUT2D eigenvalue weighted by molar-refractivity contribution is -0.124. The van der Waals surface area contributed by atoms with Crippen LogP contribution in [0.2, 0.25) is 0 Å². The molecule has 0 saturated carbocycles. The number of aliphatic imine (C=N–C) groups is 2. The first-order chi connectivity index (χ1) is 14.6. The second-order valence-corrected chi connectivity index (χ2v) is 8.61. The number of amidine groups is 2. The van der Waals surface area contributed by atoms with Crippen LogP contribution in [0.25, 0.3) is 0 Å². The summed E-state index contributed by atoms with van der Waals surface area (Å²) in [5, 5.41) is 3.07. The van der Waals surface area contributed by atoms with Crippen molar-refractivity contribution < 1.29 is 9.59 Å². The molecule has 0 fully saturated rings. The molecule has 2 aliphatic heterocycles. The van der Waals surface area contributed by atoms with Crippen LogP contribution in [0.4, 0.5) is 5.69 Å². The first-order valence-corrected chi connectivity index (χ1v) is 11.0. The van der Waals surface area contributed by atoms with Crippen molar-refractivity contribution in [2.75, 3.05) is 0 Å². The third-order valence-electron chi connectivity index (χ3n) is 5.07. The van der Waals surface area contributed by atoms with Crippen LogP contribution in [0.3, 0.4) is 0 Å². The summed E-state index contributed by atoms with van der Waals surface area (Å²) in [4.78, 5) is 36.7. The highest BCUT2D eigenvalue weighted by molar-refractivity contribution is 8.15. The van der Waals surface area contributed by atoms with Gasteiger partial charge in [-0.3, -0.25) is 14.6 Å². The molecule has 2 heterocycles. The van der Waals surface area contributed by atoms with Crippen molar-refractivity contribution >= 4 is 40.3 Å². The van der Waals surface area contributed by atoms with Gasteiger partial charge in [0.2, 0.25) is 5.91 Å². The Balaban J connectivity index is 1.53. The predicted octanol–water partition coefficient (Wildman–Crippen LogP) is 3.88.